The van der Waals surface area contributed by atoms with E-state index < -0.39 is 21.9 Å². The van der Waals surface area contributed by atoms with Crippen LogP contribution in [0.25, 0.3) is 10.8 Å². The monoisotopic (exact) mass is 323 g/mol. The minimum atomic E-state index is -4.60. The second kappa shape index (κ2) is 5.24. The van der Waals surface area contributed by atoms with Gasteiger partial charge in [0.05, 0.1) is 11.4 Å². The zero-order valence-corrected chi connectivity index (χ0v) is 12.4. The van der Waals surface area contributed by atoms with Crippen LogP contribution in [-0.4, -0.2) is 31.7 Å². The molecule has 0 saturated carbocycles. The van der Waals surface area contributed by atoms with Crippen LogP contribution in [0.1, 0.15) is 6.42 Å². The van der Waals surface area contributed by atoms with Crippen molar-refractivity contribution in [2.75, 3.05) is 17.2 Å². The summed E-state index contributed by atoms with van der Waals surface area (Å²) in [6.07, 6.45) is -0.00163. The summed E-state index contributed by atoms with van der Waals surface area (Å²) in [7, 11) is -4.60. The number of anilines is 1. The second-order valence-corrected chi connectivity index (χ2v) is 6.87. The number of phenolic OH excluding ortho intramolecular Hbond substituents is 1. The molecule has 5 nitrogen and oxygen atoms in total. The number of hydrogen-bond acceptors (Lipinski definition) is 4. The smallest absolute Gasteiger partial charge is 0.302 e. The van der Waals surface area contributed by atoms with E-state index in [0.29, 0.717) is 11.1 Å². The average molecular weight is 323 g/mol. The van der Waals surface area contributed by atoms with Crippen molar-refractivity contribution < 1.29 is 22.2 Å². The van der Waals surface area contributed by atoms with Gasteiger partial charge in [-0.1, -0.05) is 18.2 Å². The number of benzene rings is 2. The minimum Gasteiger partial charge on any atom is -0.508 e. The molecule has 1 amide bonds. The molecule has 1 N–H and O–H groups in total. The highest BCUT2D eigenvalue weighted by Crippen LogP contribution is 2.33. The van der Waals surface area contributed by atoms with Crippen LogP contribution in [0, 0.1) is 5.92 Å². The van der Waals surface area contributed by atoms with Gasteiger partial charge in [-0.15, -0.1) is 3.89 Å². The molecule has 116 valence electrons. The molecule has 1 aliphatic heterocycles. The van der Waals surface area contributed by atoms with Crippen molar-refractivity contribution in [3.8, 4) is 5.75 Å². The Morgan fingerprint density at radius 1 is 1.27 bits per heavy atom. The van der Waals surface area contributed by atoms with E-state index >= 15 is 0 Å². The van der Waals surface area contributed by atoms with Crippen LogP contribution < -0.4 is 4.90 Å². The number of hydrogen-bond donors (Lipinski definition) is 1. The Labute approximate surface area is 127 Å². The first-order valence-corrected chi connectivity index (χ1v) is 8.33. The molecule has 2 aromatic rings. The van der Waals surface area contributed by atoms with Crippen molar-refractivity contribution >= 4 is 32.6 Å². The lowest BCUT2D eigenvalue weighted by molar-refractivity contribution is -0.117. The van der Waals surface area contributed by atoms with E-state index in [9.17, 15) is 22.2 Å². The predicted octanol–water partition coefficient (Wildman–Crippen LogP) is 2.20. The molecule has 1 saturated heterocycles. The Bertz CT molecular complexity index is 850. The Hall–Kier alpha value is -2.15. The molecule has 3 rings (SSSR count). The number of halogens is 1. The standard InChI is InChI=1S/C15H14FNO4S/c16-22(20,21)9-10-6-15(19)17(8-10)14-3-1-2-11-4-5-12(18)7-13(11)14/h1-5,7,10,18H,6,8-9H2. The molecule has 1 atom stereocenters. The summed E-state index contributed by atoms with van der Waals surface area (Å²) in [6.45, 7) is 0.150. The third kappa shape index (κ3) is 2.89. The van der Waals surface area contributed by atoms with E-state index in [0.717, 1.165) is 5.39 Å². The van der Waals surface area contributed by atoms with E-state index in [2.05, 4.69) is 0 Å². The Morgan fingerprint density at radius 2 is 2.05 bits per heavy atom. The maximum Gasteiger partial charge on any atom is 0.302 e. The molecule has 0 radical (unpaired) electrons. The van der Waals surface area contributed by atoms with Gasteiger partial charge in [-0.3, -0.25) is 4.79 Å². The number of fused-ring (bicyclic) bond motifs is 1. The Balaban J connectivity index is 1.98. The van der Waals surface area contributed by atoms with Crippen LogP contribution in [0.15, 0.2) is 36.4 Å². The molecule has 1 heterocycles. The summed E-state index contributed by atoms with van der Waals surface area (Å²) < 4.78 is 34.3. The first-order chi connectivity index (χ1) is 10.3. The first-order valence-electron chi connectivity index (χ1n) is 6.78. The quantitative estimate of drug-likeness (QED) is 0.879. The SMILES string of the molecule is O=C1CC(CS(=O)(=O)F)CN1c1cccc2ccc(O)cc12. The van der Waals surface area contributed by atoms with Gasteiger partial charge in [-0.25, -0.2) is 0 Å². The number of carbonyl (C=O) groups excluding carboxylic acids is 1. The summed E-state index contributed by atoms with van der Waals surface area (Å²) in [5, 5.41) is 11.2. The molecule has 0 bridgehead atoms. The summed E-state index contributed by atoms with van der Waals surface area (Å²) in [6, 6.07) is 10.2. The van der Waals surface area contributed by atoms with Crippen LogP contribution in [0.5, 0.6) is 5.75 Å². The number of aromatic hydroxyl groups is 1. The molecule has 0 spiro atoms. The van der Waals surface area contributed by atoms with Gasteiger partial charge >= 0.3 is 10.2 Å². The Morgan fingerprint density at radius 3 is 2.77 bits per heavy atom. The third-order valence-electron chi connectivity index (χ3n) is 3.77. The van der Waals surface area contributed by atoms with Crippen LogP contribution in [-0.2, 0) is 15.0 Å². The van der Waals surface area contributed by atoms with E-state index in [1.165, 1.54) is 4.90 Å². The van der Waals surface area contributed by atoms with Gasteiger partial charge < -0.3 is 10.0 Å². The largest absolute Gasteiger partial charge is 0.508 e. The van der Waals surface area contributed by atoms with Gasteiger partial charge in [0.1, 0.15) is 5.75 Å². The second-order valence-electron chi connectivity index (χ2n) is 5.46. The third-order valence-corrected chi connectivity index (χ3v) is 4.64. The fraction of sp³-hybridized carbons (Fsp3) is 0.267. The van der Waals surface area contributed by atoms with Crippen molar-refractivity contribution in [2.24, 2.45) is 5.92 Å². The molecule has 1 aliphatic rings. The van der Waals surface area contributed by atoms with E-state index in [1.807, 2.05) is 6.07 Å². The summed E-state index contributed by atoms with van der Waals surface area (Å²) in [4.78, 5) is 13.6. The van der Waals surface area contributed by atoms with Gasteiger partial charge in [-0.2, -0.15) is 8.42 Å². The van der Waals surface area contributed by atoms with Gasteiger partial charge in [0.25, 0.3) is 0 Å². The number of rotatable bonds is 3. The van der Waals surface area contributed by atoms with E-state index in [4.69, 9.17) is 0 Å². The van der Waals surface area contributed by atoms with Crippen molar-refractivity contribution in [1.82, 2.24) is 0 Å². The topological polar surface area (TPSA) is 74.7 Å². The van der Waals surface area contributed by atoms with Gasteiger partial charge in [0.2, 0.25) is 5.91 Å². The minimum absolute atomic E-state index is 0.00163. The zero-order valence-electron chi connectivity index (χ0n) is 11.6. The zero-order chi connectivity index (χ0) is 15.9. The van der Waals surface area contributed by atoms with Gasteiger partial charge in [0.15, 0.2) is 0 Å². The molecule has 1 unspecified atom stereocenters. The highest BCUT2D eigenvalue weighted by atomic mass is 32.3. The maximum absolute atomic E-state index is 12.8. The van der Waals surface area contributed by atoms with E-state index in [-0.39, 0.29) is 24.6 Å². The number of carbonyl (C=O) groups is 1. The fourth-order valence-electron chi connectivity index (χ4n) is 2.89. The van der Waals surface area contributed by atoms with Gasteiger partial charge in [0, 0.05) is 24.3 Å². The Kier molecular flexibility index (Phi) is 3.52. The van der Waals surface area contributed by atoms with Crippen molar-refractivity contribution in [2.45, 2.75) is 6.42 Å². The highest BCUT2D eigenvalue weighted by molar-refractivity contribution is 7.86. The summed E-state index contributed by atoms with van der Waals surface area (Å²) >= 11 is 0. The van der Waals surface area contributed by atoms with Crippen molar-refractivity contribution in [3.05, 3.63) is 36.4 Å². The van der Waals surface area contributed by atoms with Crippen LogP contribution in [0.4, 0.5) is 9.57 Å². The fourth-order valence-corrected chi connectivity index (χ4v) is 3.67. The molecule has 0 aliphatic carbocycles. The van der Waals surface area contributed by atoms with Crippen molar-refractivity contribution in [1.29, 1.82) is 0 Å². The summed E-state index contributed by atoms with van der Waals surface area (Å²) in [5.41, 5.74) is 0.595. The maximum atomic E-state index is 12.8. The molecule has 22 heavy (non-hydrogen) atoms. The molecule has 0 aromatic heterocycles. The number of nitrogens with zero attached hydrogens (tertiary/aromatic N) is 1. The molecule has 2 aromatic carbocycles. The number of phenols is 1. The summed E-state index contributed by atoms with van der Waals surface area (Å²) in [5.74, 6) is -1.38. The first kappa shape index (κ1) is 14.8. The molecule has 1 fully saturated rings. The van der Waals surface area contributed by atoms with E-state index in [1.54, 1.807) is 30.3 Å². The van der Waals surface area contributed by atoms with Crippen LogP contribution in [0.3, 0.4) is 0 Å². The molecular formula is C15H14FNO4S. The predicted molar refractivity (Wildman–Crippen MR) is 81.0 cm³/mol. The van der Waals surface area contributed by atoms with Gasteiger partial charge in [-0.05, 0) is 23.6 Å². The highest BCUT2D eigenvalue weighted by Gasteiger charge is 2.34. The molecule has 7 heteroatoms. The lowest BCUT2D eigenvalue weighted by Crippen LogP contribution is -2.25. The van der Waals surface area contributed by atoms with Crippen LogP contribution >= 0.6 is 0 Å². The molecular weight excluding hydrogens is 309 g/mol. The normalized spacial score (nSPS) is 19.0. The lowest BCUT2D eigenvalue weighted by atomic mass is 10.1. The average Bonchev–Trinajstić information content (AvgIpc) is 2.76. The van der Waals surface area contributed by atoms with Crippen LogP contribution in [0.2, 0.25) is 0 Å². The number of amides is 1. The lowest BCUT2D eigenvalue weighted by Gasteiger charge is -2.19. The van der Waals surface area contributed by atoms with Crippen molar-refractivity contribution in [3.63, 3.8) is 0 Å².